The maximum absolute atomic E-state index is 12.8. The van der Waals surface area contributed by atoms with Gasteiger partial charge in [0.05, 0.1) is 22.3 Å². The molecule has 0 amide bonds. The molecule has 0 aliphatic carbocycles. The molecule has 0 fully saturated rings. The van der Waals surface area contributed by atoms with Crippen molar-refractivity contribution in [2.45, 2.75) is 0 Å². The maximum Gasteiger partial charge on any atom is 0.346 e. The first-order chi connectivity index (χ1) is 17.0. The van der Waals surface area contributed by atoms with E-state index in [0.717, 1.165) is 22.3 Å². The van der Waals surface area contributed by atoms with Gasteiger partial charge in [-0.05, 0) is 44.8 Å². The van der Waals surface area contributed by atoms with Crippen LogP contribution in [0.15, 0.2) is 84.9 Å². The van der Waals surface area contributed by atoms with E-state index in [4.69, 9.17) is 9.47 Å². The van der Waals surface area contributed by atoms with Gasteiger partial charge < -0.3 is 9.47 Å². The van der Waals surface area contributed by atoms with Crippen molar-refractivity contribution in [3.05, 3.63) is 107 Å². The van der Waals surface area contributed by atoms with Crippen LogP contribution in [0.1, 0.15) is 41.4 Å². The van der Waals surface area contributed by atoms with Gasteiger partial charge in [0.25, 0.3) is 0 Å². The minimum atomic E-state index is -0.724. The summed E-state index contributed by atoms with van der Waals surface area (Å²) in [5.41, 5.74) is 3.91. The van der Waals surface area contributed by atoms with Gasteiger partial charge in [0.15, 0.2) is 0 Å². The molecular weight excluding hydrogens is 460 g/mol. The third-order valence-electron chi connectivity index (χ3n) is 6.05. The van der Waals surface area contributed by atoms with E-state index >= 15 is 0 Å². The zero-order chi connectivity index (χ0) is 24.1. The Bertz CT molecular complexity index is 1460. The molecule has 2 radical (unpaired) electrons. The van der Waals surface area contributed by atoms with E-state index in [9.17, 15) is 19.2 Å². The minimum absolute atomic E-state index is 0.184. The molecule has 0 saturated heterocycles. The van der Waals surface area contributed by atoms with Gasteiger partial charge in [-0.2, -0.15) is 0 Å². The summed E-state index contributed by atoms with van der Waals surface area (Å²) in [6.07, 6.45) is 0. The fourth-order valence-corrected chi connectivity index (χ4v) is 6.15. The molecule has 2 aliphatic rings. The number of cyclic esters (lactones) is 4. The Hall–Kier alpha value is -4.62. The molecule has 0 atom stereocenters. The highest BCUT2D eigenvalue weighted by atomic mass is 28.2. The number of rotatable bonds is 4. The number of benzene rings is 4. The second-order valence-electron chi connectivity index (χ2n) is 8.03. The van der Waals surface area contributed by atoms with E-state index in [1.54, 1.807) is 24.3 Å². The number of carbonyl (C=O) groups excluding carboxylic acids is 4. The third-order valence-corrected chi connectivity index (χ3v) is 7.59. The van der Waals surface area contributed by atoms with Crippen LogP contribution in [0.2, 0.25) is 0 Å². The summed E-state index contributed by atoms with van der Waals surface area (Å²) in [5, 5.41) is 1.14. The smallest absolute Gasteiger partial charge is 0.346 e. The Kier molecular flexibility index (Phi) is 4.79. The molecule has 7 heteroatoms. The van der Waals surface area contributed by atoms with E-state index in [1.807, 2.05) is 60.7 Å². The summed E-state index contributed by atoms with van der Waals surface area (Å²) in [4.78, 5) is 50.3. The van der Waals surface area contributed by atoms with E-state index in [1.165, 1.54) is 0 Å². The largest absolute Gasteiger partial charge is 0.386 e. The SMILES string of the molecule is O=C1OC(=O)c2c1ccc(-c1ccccc1)c2[Si]c1c(-c2ccccc2)ccc2c1C(=O)OC2=O. The van der Waals surface area contributed by atoms with Gasteiger partial charge in [0, 0.05) is 0 Å². The molecular formula is C28H14O6Si. The Morgan fingerprint density at radius 3 is 1.20 bits per heavy atom. The summed E-state index contributed by atoms with van der Waals surface area (Å²) >= 11 is 0. The lowest BCUT2D eigenvalue weighted by Crippen LogP contribution is -2.37. The van der Waals surface area contributed by atoms with Gasteiger partial charge in [-0.3, -0.25) is 0 Å². The van der Waals surface area contributed by atoms with Crippen molar-refractivity contribution >= 4 is 43.8 Å². The fourth-order valence-electron chi connectivity index (χ4n) is 4.45. The molecule has 2 aliphatic heterocycles. The van der Waals surface area contributed by atoms with Crippen LogP contribution < -0.4 is 10.4 Å². The van der Waals surface area contributed by atoms with Crippen LogP contribution in [0, 0.1) is 0 Å². The molecule has 4 aromatic rings. The maximum atomic E-state index is 12.8. The summed E-state index contributed by atoms with van der Waals surface area (Å²) in [7, 11) is -0.245. The van der Waals surface area contributed by atoms with Crippen LogP contribution in [0.3, 0.4) is 0 Å². The summed E-state index contributed by atoms with van der Waals surface area (Å²) in [6, 6.07) is 25.7. The van der Waals surface area contributed by atoms with Gasteiger partial charge in [-0.15, -0.1) is 0 Å². The molecule has 6 rings (SSSR count). The average molecular weight is 475 g/mol. The Labute approximate surface area is 201 Å². The average Bonchev–Trinajstić information content (AvgIpc) is 3.34. The lowest BCUT2D eigenvalue weighted by Gasteiger charge is -2.16. The normalized spacial score (nSPS) is 13.9. The standard InChI is InChI=1S/C28H14O6Si/c29-25-19-13-11-17(15-7-3-1-4-8-15)23(21(19)27(31)33-25)35-24-18(16-9-5-2-6-10-16)12-14-20-22(24)28(32)34-26(20)30/h1-14H. The van der Waals surface area contributed by atoms with Crippen molar-refractivity contribution in [1.82, 2.24) is 0 Å². The first kappa shape index (κ1) is 20.9. The molecule has 0 saturated carbocycles. The predicted molar refractivity (Wildman–Crippen MR) is 128 cm³/mol. The Balaban J connectivity index is 1.64. The van der Waals surface area contributed by atoms with Crippen molar-refractivity contribution in [3.8, 4) is 22.3 Å². The molecule has 166 valence electrons. The molecule has 0 N–H and O–H groups in total. The molecule has 0 bridgehead atoms. The highest BCUT2D eigenvalue weighted by Crippen LogP contribution is 2.28. The Morgan fingerprint density at radius 2 is 0.800 bits per heavy atom. The number of esters is 4. The number of ether oxygens (including phenoxy) is 2. The minimum Gasteiger partial charge on any atom is -0.386 e. The zero-order valence-electron chi connectivity index (χ0n) is 18.0. The van der Waals surface area contributed by atoms with Crippen LogP contribution in [0.5, 0.6) is 0 Å². The van der Waals surface area contributed by atoms with E-state index in [2.05, 4.69) is 0 Å². The summed E-state index contributed by atoms with van der Waals surface area (Å²) in [6.45, 7) is 0. The topological polar surface area (TPSA) is 86.7 Å². The third kappa shape index (κ3) is 3.32. The molecule has 0 spiro atoms. The van der Waals surface area contributed by atoms with Crippen LogP contribution in [-0.4, -0.2) is 33.4 Å². The van der Waals surface area contributed by atoms with Crippen LogP contribution in [0.25, 0.3) is 22.3 Å². The van der Waals surface area contributed by atoms with E-state index in [-0.39, 0.29) is 31.8 Å². The van der Waals surface area contributed by atoms with Gasteiger partial charge in [-0.1, -0.05) is 72.8 Å². The number of carbonyl (C=O) groups is 4. The van der Waals surface area contributed by atoms with Crippen molar-refractivity contribution in [3.63, 3.8) is 0 Å². The van der Waals surface area contributed by atoms with Crippen molar-refractivity contribution in [1.29, 1.82) is 0 Å². The van der Waals surface area contributed by atoms with E-state index in [0.29, 0.717) is 10.4 Å². The first-order valence-electron chi connectivity index (χ1n) is 10.8. The van der Waals surface area contributed by atoms with Gasteiger partial charge in [0.1, 0.15) is 9.52 Å². The highest BCUT2D eigenvalue weighted by Gasteiger charge is 2.37. The highest BCUT2D eigenvalue weighted by molar-refractivity contribution is 6.73. The molecule has 0 aromatic heterocycles. The van der Waals surface area contributed by atoms with Crippen molar-refractivity contribution < 1.29 is 28.7 Å². The van der Waals surface area contributed by atoms with E-state index < -0.39 is 23.9 Å². The zero-order valence-corrected chi connectivity index (χ0v) is 19.0. The first-order valence-corrected chi connectivity index (χ1v) is 11.8. The van der Waals surface area contributed by atoms with Crippen molar-refractivity contribution in [2.24, 2.45) is 0 Å². The molecule has 4 aromatic carbocycles. The lowest BCUT2D eigenvalue weighted by molar-refractivity contribution is 0.0426. The second-order valence-corrected chi connectivity index (χ2v) is 9.28. The number of hydrogen-bond acceptors (Lipinski definition) is 6. The number of hydrogen-bond donors (Lipinski definition) is 0. The molecule has 0 unspecified atom stereocenters. The molecule has 35 heavy (non-hydrogen) atoms. The number of fused-ring (bicyclic) bond motifs is 2. The predicted octanol–water partition coefficient (Wildman–Crippen LogP) is 3.30. The lowest BCUT2D eigenvalue weighted by atomic mass is 9.99. The van der Waals surface area contributed by atoms with Crippen LogP contribution >= 0.6 is 0 Å². The van der Waals surface area contributed by atoms with Gasteiger partial charge in [-0.25, -0.2) is 19.2 Å². The summed E-state index contributed by atoms with van der Waals surface area (Å²) in [5.74, 6) is -2.85. The molecule has 2 heterocycles. The van der Waals surface area contributed by atoms with Crippen LogP contribution in [0.4, 0.5) is 0 Å². The second kappa shape index (κ2) is 8.00. The summed E-state index contributed by atoms with van der Waals surface area (Å²) < 4.78 is 9.85. The van der Waals surface area contributed by atoms with Crippen molar-refractivity contribution in [2.75, 3.05) is 0 Å². The quantitative estimate of drug-likeness (QED) is 0.256. The van der Waals surface area contributed by atoms with Crippen LogP contribution in [-0.2, 0) is 9.47 Å². The fraction of sp³-hybridized carbons (Fsp3) is 0. The Morgan fingerprint density at radius 1 is 0.429 bits per heavy atom. The monoisotopic (exact) mass is 474 g/mol. The van der Waals surface area contributed by atoms with Gasteiger partial charge in [0.2, 0.25) is 0 Å². The van der Waals surface area contributed by atoms with Gasteiger partial charge >= 0.3 is 23.9 Å². The molecule has 6 nitrogen and oxygen atoms in total.